The van der Waals surface area contributed by atoms with Gasteiger partial charge in [0.05, 0.1) is 6.61 Å². The molecule has 1 unspecified atom stereocenters. The molecule has 1 heterocycles. The standard InChI is InChI=1S/C10H13NO5/c1-6-3-4-8(16-6)9(12)11-7(5-15-2)10(13)14/h3-4,7H,5H2,1-2H3,(H,11,12)(H,13,14). The predicted molar refractivity (Wildman–Crippen MR) is 54.2 cm³/mol. The Labute approximate surface area is 92.2 Å². The van der Waals surface area contributed by atoms with Crippen LogP contribution in [0.25, 0.3) is 0 Å². The molecule has 1 aromatic heterocycles. The largest absolute Gasteiger partial charge is 0.480 e. The Hall–Kier alpha value is -1.82. The van der Waals surface area contributed by atoms with E-state index in [2.05, 4.69) is 10.1 Å². The average molecular weight is 227 g/mol. The molecule has 0 bridgehead atoms. The molecule has 88 valence electrons. The van der Waals surface area contributed by atoms with Crippen LogP contribution in [-0.2, 0) is 9.53 Å². The number of ether oxygens (including phenoxy) is 1. The Balaban J connectivity index is 2.65. The van der Waals surface area contributed by atoms with E-state index in [-0.39, 0.29) is 12.4 Å². The molecule has 0 spiro atoms. The molecule has 6 heteroatoms. The Morgan fingerprint density at radius 2 is 2.25 bits per heavy atom. The number of rotatable bonds is 5. The van der Waals surface area contributed by atoms with Gasteiger partial charge in [-0.3, -0.25) is 4.79 Å². The number of furan rings is 1. The van der Waals surface area contributed by atoms with Gasteiger partial charge in [0, 0.05) is 7.11 Å². The number of carbonyl (C=O) groups is 2. The lowest BCUT2D eigenvalue weighted by Gasteiger charge is -2.11. The van der Waals surface area contributed by atoms with Crippen LogP contribution in [0.4, 0.5) is 0 Å². The van der Waals surface area contributed by atoms with E-state index in [0.717, 1.165) is 0 Å². The van der Waals surface area contributed by atoms with Gasteiger partial charge in [-0.05, 0) is 19.1 Å². The minimum Gasteiger partial charge on any atom is -0.480 e. The van der Waals surface area contributed by atoms with Crippen molar-refractivity contribution in [3.05, 3.63) is 23.7 Å². The van der Waals surface area contributed by atoms with Crippen LogP contribution < -0.4 is 5.32 Å². The Morgan fingerprint density at radius 3 is 2.69 bits per heavy atom. The highest BCUT2D eigenvalue weighted by Gasteiger charge is 2.21. The maximum atomic E-state index is 11.5. The van der Waals surface area contributed by atoms with Gasteiger partial charge in [-0.25, -0.2) is 4.79 Å². The molecular weight excluding hydrogens is 214 g/mol. The van der Waals surface area contributed by atoms with Crippen LogP contribution in [0.3, 0.4) is 0 Å². The van der Waals surface area contributed by atoms with Crippen molar-refractivity contribution in [1.29, 1.82) is 0 Å². The second kappa shape index (κ2) is 5.32. The van der Waals surface area contributed by atoms with E-state index >= 15 is 0 Å². The number of nitrogens with one attached hydrogen (secondary N) is 1. The second-order valence-electron chi connectivity index (χ2n) is 3.23. The summed E-state index contributed by atoms with van der Waals surface area (Å²) in [4.78, 5) is 22.3. The molecule has 0 aromatic carbocycles. The van der Waals surface area contributed by atoms with E-state index in [9.17, 15) is 9.59 Å². The Bertz CT molecular complexity index is 384. The first kappa shape index (κ1) is 12.3. The summed E-state index contributed by atoms with van der Waals surface area (Å²) in [5, 5.41) is 11.1. The van der Waals surface area contributed by atoms with Crippen LogP contribution in [0.5, 0.6) is 0 Å². The van der Waals surface area contributed by atoms with Gasteiger partial charge in [0.2, 0.25) is 0 Å². The van der Waals surface area contributed by atoms with Crippen LogP contribution >= 0.6 is 0 Å². The van der Waals surface area contributed by atoms with Crippen molar-refractivity contribution >= 4 is 11.9 Å². The van der Waals surface area contributed by atoms with Gasteiger partial charge in [-0.15, -0.1) is 0 Å². The molecule has 0 aliphatic rings. The zero-order valence-electron chi connectivity index (χ0n) is 9.02. The normalized spacial score (nSPS) is 12.1. The van der Waals surface area contributed by atoms with Crippen LogP contribution in [0.2, 0.25) is 0 Å². The summed E-state index contributed by atoms with van der Waals surface area (Å²) in [6.45, 7) is 1.60. The van der Waals surface area contributed by atoms with Crippen molar-refractivity contribution in [3.8, 4) is 0 Å². The summed E-state index contributed by atoms with van der Waals surface area (Å²) in [5.41, 5.74) is 0. The molecule has 2 N–H and O–H groups in total. The van der Waals surface area contributed by atoms with Gasteiger partial charge in [0.25, 0.3) is 5.91 Å². The van der Waals surface area contributed by atoms with Gasteiger partial charge >= 0.3 is 5.97 Å². The molecule has 0 fully saturated rings. The van der Waals surface area contributed by atoms with Crippen LogP contribution in [0, 0.1) is 6.92 Å². The average Bonchev–Trinajstić information content (AvgIpc) is 2.64. The van der Waals surface area contributed by atoms with Gasteiger partial charge in [0.1, 0.15) is 5.76 Å². The minimum absolute atomic E-state index is 0.0832. The molecule has 0 aliphatic carbocycles. The van der Waals surface area contributed by atoms with Crippen molar-refractivity contribution in [2.75, 3.05) is 13.7 Å². The zero-order valence-corrected chi connectivity index (χ0v) is 9.02. The molecule has 1 atom stereocenters. The topological polar surface area (TPSA) is 88.8 Å². The monoisotopic (exact) mass is 227 g/mol. The van der Waals surface area contributed by atoms with Crippen molar-refractivity contribution in [2.45, 2.75) is 13.0 Å². The van der Waals surface area contributed by atoms with Gasteiger partial charge in [0.15, 0.2) is 11.8 Å². The summed E-state index contributed by atoms with van der Waals surface area (Å²) in [6.07, 6.45) is 0. The molecule has 1 aromatic rings. The number of methoxy groups -OCH3 is 1. The highest BCUT2D eigenvalue weighted by atomic mass is 16.5. The number of amides is 1. The van der Waals surface area contributed by atoms with Crippen molar-refractivity contribution in [2.24, 2.45) is 0 Å². The number of carboxylic acids is 1. The fourth-order valence-electron chi connectivity index (χ4n) is 1.13. The third kappa shape index (κ3) is 3.09. The summed E-state index contributed by atoms with van der Waals surface area (Å²) in [6, 6.07) is 2.03. The zero-order chi connectivity index (χ0) is 12.1. The molecule has 1 rings (SSSR count). The Morgan fingerprint density at radius 1 is 1.56 bits per heavy atom. The predicted octanol–water partition coefficient (Wildman–Crippen LogP) is 0.417. The highest BCUT2D eigenvalue weighted by Crippen LogP contribution is 2.06. The van der Waals surface area contributed by atoms with Crippen LogP contribution in [-0.4, -0.2) is 36.7 Å². The number of hydrogen-bond acceptors (Lipinski definition) is 4. The first-order valence-corrected chi connectivity index (χ1v) is 4.63. The summed E-state index contributed by atoms with van der Waals surface area (Å²) in [7, 11) is 1.36. The first-order chi connectivity index (χ1) is 7.54. The third-order valence-electron chi connectivity index (χ3n) is 1.90. The molecule has 6 nitrogen and oxygen atoms in total. The fraction of sp³-hybridized carbons (Fsp3) is 0.400. The molecule has 0 aliphatic heterocycles. The first-order valence-electron chi connectivity index (χ1n) is 4.63. The number of carbonyl (C=O) groups excluding carboxylic acids is 1. The molecule has 1 amide bonds. The summed E-state index contributed by atoms with van der Waals surface area (Å²) < 4.78 is 9.74. The van der Waals surface area contributed by atoms with E-state index in [4.69, 9.17) is 9.52 Å². The van der Waals surface area contributed by atoms with E-state index < -0.39 is 17.9 Å². The second-order valence-corrected chi connectivity index (χ2v) is 3.23. The summed E-state index contributed by atoms with van der Waals surface area (Å²) in [5.74, 6) is -1.06. The maximum absolute atomic E-state index is 11.5. The van der Waals surface area contributed by atoms with Gasteiger partial charge < -0.3 is 19.6 Å². The lowest BCUT2D eigenvalue weighted by atomic mass is 10.3. The molecular formula is C10H13NO5. The highest BCUT2D eigenvalue weighted by molar-refractivity contribution is 5.94. The van der Waals surface area contributed by atoms with Crippen LogP contribution in [0.1, 0.15) is 16.3 Å². The number of hydrogen-bond donors (Lipinski definition) is 2. The van der Waals surface area contributed by atoms with E-state index in [1.165, 1.54) is 13.2 Å². The van der Waals surface area contributed by atoms with Crippen molar-refractivity contribution in [3.63, 3.8) is 0 Å². The lowest BCUT2D eigenvalue weighted by Crippen LogP contribution is -2.43. The maximum Gasteiger partial charge on any atom is 0.328 e. The quantitative estimate of drug-likeness (QED) is 0.760. The van der Waals surface area contributed by atoms with Gasteiger partial charge in [-0.1, -0.05) is 0 Å². The third-order valence-corrected chi connectivity index (χ3v) is 1.90. The SMILES string of the molecule is COCC(NC(=O)c1ccc(C)o1)C(=O)O. The number of aryl methyl sites for hydroxylation is 1. The van der Waals surface area contributed by atoms with E-state index in [1.807, 2.05) is 0 Å². The van der Waals surface area contributed by atoms with Crippen LogP contribution in [0.15, 0.2) is 16.5 Å². The molecule has 0 saturated heterocycles. The molecule has 16 heavy (non-hydrogen) atoms. The minimum atomic E-state index is -1.15. The van der Waals surface area contributed by atoms with Crippen molar-refractivity contribution in [1.82, 2.24) is 5.32 Å². The van der Waals surface area contributed by atoms with E-state index in [0.29, 0.717) is 5.76 Å². The summed E-state index contributed by atoms with van der Waals surface area (Å²) >= 11 is 0. The lowest BCUT2D eigenvalue weighted by molar-refractivity contribution is -0.140. The molecule has 0 radical (unpaired) electrons. The smallest absolute Gasteiger partial charge is 0.328 e. The van der Waals surface area contributed by atoms with E-state index in [1.54, 1.807) is 13.0 Å². The van der Waals surface area contributed by atoms with Crippen molar-refractivity contribution < 1.29 is 23.8 Å². The molecule has 0 saturated carbocycles. The number of carboxylic acid groups (broad SMARTS) is 1. The number of aliphatic carboxylic acids is 1. The Kier molecular flexibility index (Phi) is 4.07. The fourth-order valence-corrected chi connectivity index (χ4v) is 1.13. The van der Waals surface area contributed by atoms with Gasteiger partial charge in [-0.2, -0.15) is 0 Å².